The first-order valence-electron chi connectivity index (χ1n) is 11.4. The predicted molar refractivity (Wildman–Crippen MR) is 124 cm³/mol. The number of unbranched alkanes of at least 4 members (excludes halogenated alkanes) is 9. The summed E-state index contributed by atoms with van der Waals surface area (Å²) in [5.74, 6) is 0.954. The van der Waals surface area contributed by atoms with Crippen LogP contribution in [0.4, 0.5) is 11.4 Å². The highest BCUT2D eigenvalue weighted by Crippen LogP contribution is 2.26. The Kier molecular flexibility index (Phi) is 11.1. The lowest BCUT2D eigenvalue weighted by Gasteiger charge is -2.09. The molecule has 3 heteroatoms. The topological polar surface area (TPSA) is 34.0 Å². The van der Waals surface area contributed by atoms with Gasteiger partial charge in [-0.25, -0.2) is 0 Å². The molecule has 0 atom stereocenters. The van der Waals surface area contributed by atoms with Crippen molar-refractivity contribution < 1.29 is 4.74 Å². The van der Waals surface area contributed by atoms with Crippen LogP contribution in [0.1, 0.15) is 82.3 Å². The summed E-state index contributed by atoms with van der Waals surface area (Å²) < 4.78 is 5.97. The van der Waals surface area contributed by atoms with E-state index >= 15 is 0 Å². The molecule has 29 heavy (non-hydrogen) atoms. The summed E-state index contributed by atoms with van der Waals surface area (Å²) in [6.45, 7) is 7.20. The quantitative estimate of drug-likeness (QED) is 0.232. The van der Waals surface area contributed by atoms with Crippen LogP contribution in [0.25, 0.3) is 0 Å². The van der Waals surface area contributed by atoms with Gasteiger partial charge in [-0.1, -0.05) is 82.4 Å². The number of benzene rings is 2. The third-order valence-electron chi connectivity index (χ3n) is 5.23. The molecule has 0 saturated heterocycles. The fraction of sp³-hybridized carbons (Fsp3) is 0.538. The zero-order valence-electron chi connectivity index (χ0n) is 18.6. The maximum Gasteiger partial charge on any atom is 0.122 e. The molecule has 0 N–H and O–H groups in total. The van der Waals surface area contributed by atoms with Gasteiger partial charge in [-0.3, -0.25) is 0 Å². The van der Waals surface area contributed by atoms with Gasteiger partial charge >= 0.3 is 0 Å². The Morgan fingerprint density at radius 3 is 1.83 bits per heavy atom. The molecule has 0 aliphatic rings. The van der Waals surface area contributed by atoms with E-state index in [1.54, 1.807) is 0 Å². The Bertz CT molecular complexity index is 722. The molecule has 0 saturated carbocycles. The van der Waals surface area contributed by atoms with Crippen LogP contribution in [0.15, 0.2) is 52.7 Å². The summed E-state index contributed by atoms with van der Waals surface area (Å²) in [5.41, 5.74) is 4.06. The number of ether oxygens (including phenoxy) is 1. The first kappa shape index (κ1) is 23.1. The molecule has 0 aromatic heterocycles. The van der Waals surface area contributed by atoms with E-state index in [1.807, 2.05) is 42.5 Å². The number of hydrogen-bond donors (Lipinski definition) is 0. The lowest BCUT2D eigenvalue weighted by molar-refractivity contribution is 0.302. The molecule has 0 fully saturated rings. The zero-order valence-corrected chi connectivity index (χ0v) is 18.6. The van der Waals surface area contributed by atoms with Gasteiger partial charge in [0, 0.05) is 0 Å². The Labute approximate surface area is 177 Å². The van der Waals surface area contributed by atoms with Crippen molar-refractivity contribution >= 4 is 11.4 Å². The molecule has 0 aliphatic heterocycles. The molecule has 0 radical (unpaired) electrons. The normalized spacial score (nSPS) is 11.3. The van der Waals surface area contributed by atoms with Crippen LogP contribution in [-0.2, 0) is 0 Å². The van der Waals surface area contributed by atoms with Gasteiger partial charge in [-0.15, -0.1) is 0 Å². The van der Waals surface area contributed by atoms with E-state index in [9.17, 15) is 0 Å². The second-order valence-electron chi connectivity index (χ2n) is 8.02. The summed E-state index contributed by atoms with van der Waals surface area (Å²) in [7, 11) is 0. The number of aryl methyl sites for hydroxylation is 2. The third kappa shape index (κ3) is 9.74. The third-order valence-corrected chi connectivity index (χ3v) is 5.23. The zero-order chi connectivity index (χ0) is 20.7. The number of rotatable bonds is 14. The van der Waals surface area contributed by atoms with Gasteiger partial charge in [0.1, 0.15) is 5.75 Å². The highest BCUT2D eigenvalue weighted by Gasteiger charge is 2.01. The molecule has 0 amide bonds. The molecule has 2 aromatic carbocycles. The monoisotopic (exact) mass is 394 g/mol. The van der Waals surface area contributed by atoms with Gasteiger partial charge in [0.2, 0.25) is 0 Å². The van der Waals surface area contributed by atoms with Gasteiger partial charge in [0.25, 0.3) is 0 Å². The summed E-state index contributed by atoms with van der Waals surface area (Å²) in [4.78, 5) is 0. The Morgan fingerprint density at radius 2 is 1.21 bits per heavy atom. The number of hydrogen-bond acceptors (Lipinski definition) is 3. The molecule has 3 nitrogen and oxygen atoms in total. The van der Waals surface area contributed by atoms with Gasteiger partial charge in [0.05, 0.1) is 18.0 Å². The molecule has 0 bridgehead atoms. The van der Waals surface area contributed by atoms with Crippen LogP contribution >= 0.6 is 0 Å². The number of azo groups is 1. The summed E-state index contributed by atoms with van der Waals surface area (Å²) in [6, 6.07) is 14.1. The fourth-order valence-corrected chi connectivity index (χ4v) is 3.36. The average Bonchev–Trinajstić information content (AvgIpc) is 2.73. The van der Waals surface area contributed by atoms with Crippen molar-refractivity contribution in [3.8, 4) is 5.75 Å². The van der Waals surface area contributed by atoms with Gasteiger partial charge in [-0.05, 0) is 56.2 Å². The standard InChI is InChI=1S/C26H38N2O/c1-4-5-6-7-8-9-10-11-12-13-20-29-26-19-18-25(21-23(26)3)28-27-24-16-14-22(2)15-17-24/h14-19,21H,4-13,20H2,1-3H3/b28-27+. The maximum absolute atomic E-state index is 5.97. The lowest BCUT2D eigenvalue weighted by atomic mass is 10.1. The van der Waals surface area contributed by atoms with E-state index in [0.717, 1.165) is 35.7 Å². The highest BCUT2D eigenvalue weighted by molar-refractivity contribution is 5.47. The average molecular weight is 395 g/mol. The molecular weight excluding hydrogens is 356 g/mol. The molecule has 0 aliphatic carbocycles. The maximum atomic E-state index is 5.97. The van der Waals surface area contributed by atoms with Crippen LogP contribution in [0, 0.1) is 13.8 Å². The van der Waals surface area contributed by atoms with E-state index in [2.05, 4.69) is 31.0 Å². The van der Waals surface area contributed by atoms with E-state index in [-0.39, 0.29) is 0 Å². The van der Waals surface area contributed by atoms with Gasteiger partial charge in [0.15, 0.2) is 0 Å². The molecule has 158 valence electrons. The first-order chi connectivity index (χ1) is 14.2. The van der Waals surface area contributed by atoms with E-state index in [1.165, 1.54) is 63.4 Å². The van der Waals surface area contributed by atoms with E-state index in [0.29, 0.717) is 0 Å². The van der Waals surface area contributed by atoms with Crippen molar-refractivity contribution in [3.05, 3.63) is 53.6 Å². The molecule has 2 aromatic rings. The van der Waals surface area contributed by atoms with Crippen LogP contribution in [0.3, 0.4) is 0 Å². The van der Waals surface area contributed by atoms with Crippen LogP contribution < -0.4 is 4.74 Å². The van der Waals surface area contributed by atoms with Crippen molar-refractivity contribution in [1.82, 2.24) is 0 Å². The van der Waals surface area contributed by atoms with Crippen LogP contribution in [0.5, 0.6) is 5.75 Å². The highest BCUT2D eigenvalue weighted by atomic mass is 16.5. The van der Waals surface area contributed by atoms with Crippen molar-refractivity contribution in [2.24, 2.45) is 10.2 Å². The van der Waals surface area contributed by atoms with Gasteiger partial charge < -0.3 is 4.74 Å². The van der Waals surface area contributed by atoms with Crippen LogP contribution in [-0.4, -0.2) is 6.61 Å². The predicted octanol–water partition coefficient (Wildman–Crippen LogP) is 9.02. The molecule has 0 spiro atoms. The molecular formula is C26H38N2O. The number of nitrogens with zero attached hydrogens (tertiary/aromatic N) is 2. The summed E-state index contributed by atoms with van der Waals surface area (Å²) in [6.07, 6.45) is 13.4. The molecule has 0 heterocycles. The fourth-order valence-electron chi connectivity index (χ4n) is 3.36. The summed E-state index contributed by atoms with van der Waals surface area (Å²) in [5, 5.41) is 8.64. The Balaban J connectivity index is 1.62. The largest absolute Gasteiger partial charge is 0.493 e. The van der Waals surface area contributed by atoms with Crippen molar-refractivity contribution in [2.45, 2.75) is 85.0 Å². The smallest absolute Gasteiger partial charge is 0.122 e. The van der Waals surface area contributed by atoms with Gasteiger partial charge in [-0.2, -0.15) is 10.2 Å². The molecule has 0 unspecified atom stereocenters. The summed E-state index contributed by atoms with van der Waals surface area (Å²) >= 11 is 0. The SMILES string of the molecule is CCCCCCCCCCCCOc1ccc(/N=N/c2ccc(C)cc2)cc1C. The van der Waals surface area contributed by atoms with Crippen molar-refractivity contribution in [3.63, 3.8) is 0 Å². The minimum absolute atomic E-state index is 0.793. The van der Waals surface area contributed by atoms with Crippen molar-refractivity contribution in [1.29, 1.82) is 0 Å². The second-order valence-corrected chi connectivity index (χ2v) is 8.02. The first-order valence-corrected chi connectivity index (χ1v) is 11.4. The molecule has 2 rings (SSSR count). The van der Waals surface area contributed by atoms with E-state index in [4.69, 9.17) is 4.74 Å². The minimum atomic E-state index is 0.793. The lowest BCUT2D eigenvalue weighted by Crippen LogP contribution is -1.98. The van der Waals surface area contributed by atoms with E-state index < -0.39 is 0 Å². The van der Waals surface area contributed by atoms with Crippen molar-refractivity contribution in [2.75, 3.05) is 6.61 Å². The Hall–Kier alpha value is -2.16. The minimum Gasteiger partial charge on any atom is -0.493 e. The van der Waals surface area contributed by atoms with Crippen LogP contribution in [0.2, 0.25) is 0 Å². The Morgan fingerprint density at radius 1 is 0.655 bits per heavy atom. The second kappa shape index (κ2) is 13.9.